The molecule has 2 N–H and O–H groups in total. The Hall–Kier alpha value is -2.82. The molecular formula is C21H24N2O3. The molecule has 136 valence electrons. The van der Waals surface area contributed by atoms with E-state index in [4.69, 9.17) is 0 Å². The second kappa shape index (κ2) is 7.60. The third-order valence-electron chi connectivity index (χ3n) is 4.70. The Bertz CT molecular complexity index is 832. The maximum atomic E-state index is 12.3. The van der Waals surface area contributed by atoms with Gasteiger partial charge in [-0.05, 0) is 31.5 Å². The zero-order valence-electron chi connectivity index (χ0n) is 15.2. The number of rotatable bonds is 5. The summed E-state index contributed by atoms with van der Waals surface area (Å²) in [5.41, 5.74) is 3.47. The fourth-order valence-corrected chi connectivity index (χ4v) is 3.34. The number of benzene rings is 2. The van der Waals surface area contributed by atoms with Crippen molar-refractivity contribution in [2.75, 3.05) is 13.1 Å². The number of phenolic OH excluding ortho intramolecular Hbond substituents is 1. The molecule has 0 aliphatic carbocycles. The summed E-state index contributed by atoms with van der Waals surface area (Å²) in [6.07, 6.45) is 0.436. The fraction of sp³-hybridized carbons (Fsp3) is 0.333. The average Bonchev–Trinajstić information content (AvgIpc) is 2.94. The molecule has 5 nitrogen and oxygen atoms in total. The van der Waals surface area contributed by atoms with E-state index in [-0.39, 0.29) is 29.0 Å². The SMILES string of the molecule is Cc1cccc(CN2CC(CNC(=O)c3cc(C)ccc3O)CC2=O)c1. The van der Waals surface area contributed by atoms with Gasteiger partial charge in [0.05, 0.1) is 5.56 Å². The van der Waals surface area contributed by atoms with Gasteiger partial charge in [0.2, 0.25) is 5.91 Å². The van der Waals surface area contributed by atoms with Crippen molar-refractivity contribution in [2.24, 2.45) is 5.92 Å². The minimum Gasteiger partial charge on any atom is -0.507 e. The number of carbonyl (C=O) groups is 2. The van der Waals surface area contributed by atoms with E-state index in [1.54, 1.807) is 12.1 Å². The Kier molecular flexibility index (Phi) is 5.26. The molecule has 1 aliphatic rings. The third-order valence-corrected chi connectivity index (χ3v) is 4.70. The predicted octanol–water partition coefficient (Wildman–Crippen LogP) is 2.79. The van der Waals surface area contributed by atoms with Gasteiger partial charge in [0, 0.05) is 32.0 Å². The summed E-state index contributed by atoms with van der Waals surface area (Å²) < 4.78 is 0. The molecule has 1 heterocycles. The molecule has 2 amide bonds. The molecule has 0 radical (unpaired) electrons. The first-order valence-electron chi connectivity index (χ1n) is 8.83. The van der Waals surface area contributed by atoms with E-state index in [0.717, 1.165) is 11.1 Å². The summed E-state index contributed by atoms with van der Waals surface area (Å²) in [6, 6.07) is 13.1. The number of hydrogen-bond donors (Lipinski definition) is 2. The maximum Gasteiger partial charge on any atom is 0.255 e. The van der Waals surface area contributed by atoms with Crippen molar-refractivity contribution in [2.45, 2.75) is 26.8 Å². The maximum absolute atomic E-state index is 12.3. The molecule has 0 saturated carbocycles. The van der Waals surface area contributed by atoms with Crippen molar-refractivity contribution < 1.29 is 14.7 Å². The lowest BCUT2D eigenvalue weighted by Crippen LogP contribution is -2.31. The van der Waals surface area contributed by atoms with Crippen molar-refractivity contribution in [1.82, 2.24) is 10.2 Å². The highest BCUT2D eigenvalue weighted by atomic mass is 16.3. The summed E-state index contributed by atoms with van der Waals surface area (Å²) in [5.74, 6) is -0.139. The van der Waals surface area contributed by atoms with Crippen LogP contribution in [-0.4, -0.2) is 34.9 Å². The third kappa shape index (κ3) is 4.23. The summed E-state index contributed by atoms with van der Waals surface area (Å²) in [5, 5.41) is 12.7. The van der Waals surface area contributed by atoms with Crippen molar-refractivity contribution in [3.63, 3.8) is 0 Å². The molecule has 0 bridgehead atoms. The highest BCUT2D eigenvalue weighted by Crippen LogP contribution is 2.21. The van der Waals surface area contributed by atoms with Crippen molar-refractivity contribution in [1.29, 1.82) is 0 Å². The van der Waals surface area contributed by atoms with Crippen LogP contribution in [0.25, 0.3) is 0 Å². The van der Waals surface area contributed by atoms with Crippen molar-refractivity contribution >= 4 is 11.8 Å². The van der Waals surface area contributed by atoms with Gasteiger partial charge in [-0.3, -0.25) is 9.59 Å². The van der Waals surface area contributed by atoms with E-state index in [2.05, 4.69) is 11.4 Å². The molecule has 1 fully saturated rings. The van der Waals surface area contributed by atoms with Crippen LogP contribution in [0.2, 0.25) is 0 Å². The zero-order chi connectivity index (χ0) is 18.7. The molecule has 2 aromatic carbocycles. The smallest absolute Gasteiger partial charge is 0.255 e. The van der Waals surface area contributed by atoms with Crippen LogP contribution in [0, 0.1) is 19.8 Å². The topological polar surface area (TPSA) is 69.6 Å². The summed E-state index contributed by atoms with van der Waals surface area (Å²) >= 11 is 0. The summed E-state index contributed by atoms with van der Waals surface area (Å²) in [7, 11) is 0. The Morgan fingerprint density at radius 3 is 2.73 bits per heavy atom. The van der Waals surface area contributed by atoms with Gasteiger partial charge in [-0.25, -0.2) is 0 Å². The van der Waals surface area contributed by atoms with E-state index in [1.807, 2.05) is 36.9 Å². The Morgan fingerprint density at radius 1 is 1.19 bits per heavy atom. The van der Waals surface area contributed by atoms with E-state index < -0.39 is 0 Å². The number of phenols is 1. The molecule has 1 aliphatic heterocycles. The van der Waals surface area contributed by atoms with E-state index in [9.17, 15) is 14.7 Å². The Balaban J connectivity index is 1.56. The number of amides is 2. The monoisotopic (exact) mass is 352 g/mol. The molecule has 0 aromatic heterocycles. The number of aryl methyl sites for hydroxylation is 2. The standard InChI is InChI=1S/C21H24N2O3/c1-14-4-3-5-16(8-14)12-23-13-17(10-20(23)25)11-22-21(26)18-9-15(2)6-7-19(18)24/h3-9,17,24H,10-13H2,1-2H3,(H,22,26). The van der Waals surface area contributed by atoms with Crippen LogP contribution in [0.1, 0.15) is 33.5 Å². The van der Waals surface area contributed by atoms with Crippen LogP contribution < -0.4 is 5.32 Å². The summed E-state index contributed by atoms with van der Waals surface area (Å²) in [6.45, 7) is 5.56. The first kappa shape index (κ1) is 18.0. The quantitative estimate of drug-likeness (QED) is 0.869. The summed E-state index contributed by atoms with van der Waals surface area (Å²) in [4.78, 5) is 26.4. The molecule has 2 aromatic rings. The van der Waals surface area contributed by atoms with E-state index in [0.29, 0.717) is 26.1 Å². The molecule has 5 heteroatoms. The first-order valence-corrected chi connectivity index (χ1v) is 8.83. The van der Waals surface area contributed by atoms with Crippen LogP contribution >= 0.6 is 0 Å². The van der Waals surface area contributed by atoms with Gasteiger partial charge in [-0.2, -0.15) is 0 Å². The lowest BCUT2D eigenvalue weighted by Gasteiger charge is -2.17. The van der Waals surface area contributed by atoms with Gasteiger partial charge >= 0.3 is 0 Å². The minimum atomic E-state index is -0.309. The van der Waals surface area contributed by atoms with Gasteiger partial charge in [-0.15, -0.1) is 0 Å². The van der Waals surface area contributed by atoms with Crippen LogP contribution in [0.3, 0.4) is 0 Å². The number of likely N-dealkylation sites (tertiary alicyclic amines) is 1. The average molecular weight is 352 g/mol. The Morgan fingerprint density at radius 2 is 1.96 bits per heavy atom. The number of aromatic hydroxyl groups is 1. The fourth-order valence-electron chi connectivity index (χ4n) is 3.34. The second-order valence-electron chi connectivity index (χ2n) is 7.06. The van der Waals surface area contributed by atoms with Gasteiger partial charge in [0.15, 0.2) is 0 Å². The molecule has 0 spiro atoms. The zero-order valence-corrected chi connectivity index (χ0v) is 15.2. The normalized spacial score (nSPS) is 16.8. The molecule has 1 saturated heterocycles. The minimum absolute atomic E-state index is 0.0309. The molecule has 1 atom stereocenters. The van der Waals surface area contributed by atoms with E-state index >= 15 is 0 Å². The lowest BCUT2D eigenvalue weighted by atomic mass is 10.1. The van der Waals surface area contributed by atoms with Gasteiger partial charge in [-0.1, -0.05) is 41.5 Å². The highest BCUT2D eigenvalue weighted by molar-refractivity contribution is 5.97. The van der Waals surface area contributed by atoms with Crippen molar-refractivity contribution in [3.8, 4) is 5.75 Å². The predicted molar refractivity (Wildman–Crippen MR) is 99.9 cm³/mol. The van der Waals surface area contributed by atoms with Gasteiger partial charge < -0.3 is 15.3 Å². The van der Waals surface area contributed by atoms with Crippen LogP contribution in [0.5, 0.6) is 5.75 Å². The largest absolute Gasteiger partial charge is 0.507 e. The van der Waals surface area contributed by atoms with Crippen molar-refractivity contribution in [3.05, 3.63) is 64.7 Å². The van der Waals surface area contributed by atoms with Gasteiger partial charge in [0.25, 0.3) is 5.91 Å². The highest BCUT2D eigenvalue weighted by Gasteiger charge is 2.29. The number of hydrogen-bond acceptors (Lipinski definition) is 3. The molecule has 1 unspecified atom stereocenters. The second-order valence-corrected chi connectivity index (χ2v) is 7.06. The number of nitrogens with one attached hydrogen (secondary N) is 1. The van der Waals surface area contributed by atoms with E-state index in [1.165, 1.54) is 11.6 Å². The molecule has 3 rings (SSSR count). The Labute approximate surface area is 153 Å². The van der Waals surface area contributed by atoms with Crippen LogP contribution in [0.15, 0.2) is 42.5 Å². The van der Waals surface area contributed by atoms with Crippen LogP contribution in [0.4, 0.5) is 0 Å². The lowest BCUT2D eigenvalue weighted by molar-refractivity contribution is -0.128. The number of nitrogens with zero attached hydrogens (tertiary/aromatic N) is 1. The molecule has 26 heavy (non-hydrogen) atoms. The van der Waals surface area contributed by atoms with Crippen LogP contribution in [-0.2, 0) is 11.3 Å². The van der Waals surface area contributed by atoms with Gasteiger partial charge in [0.1, 0.15) is 5.75 Å². The first-order chi connectivity index (χ1) is 12.4. The molecular weight excluding hydrogens is 328 g/mol. The number of carbonyl (C=O) groups excluding carboxylic acids is 2.